The molecule has 0 bridgehead atoms. The minimum atomic E-state index is -3.34. The van der Waals surface area contributed by atoms with E-state index < -0.39 is 76.3 Å². The average molecular weight is 541 g/mol. The van der Waals surface area contributed by atoms with E-state index in [-0.39, 0.29) is 5.13 Å². The molecule has 0 saturated carbocycles. The molecule has 0 aliphatic heterocycles. The zero-order valence-electron chi connectivity index (χ0n) is 18.7. The van der Waals surface area contributed by atoms with Crippen LogP contribution in [-0.4, -0.2) is 74.4 Å². The molecule has 3 rings (SSSR count). The van der Waals surface area contributed by atoms with E-state index in [2.05, 4.69) is 4.98 Å². The third kappa shape index (κ3) is 5.82. The Morgan fingerprint density at radius 1 is 0.919 bits per heavy atom. The number of aromatic nitrogens is 1. The largest absolute Gasteiger partial charge is 0.504 e. The molecule has 0 aliphatic rings. The van der Waals surface area contributed by atoms with Crippen LogP contribution in [-0.2, 0) is 22.8 Å². The van der Waals surface area contributed by atoms with Gasteiger partial charge in [-0.05, 0) is 5.56 Å². The van der Waals surface area contributed by atoms with Crippen LogP contribution in [0, 0.1) is 0 Å². The minimum Gasteiger partial charge on any atom is -0.504 e. The number of nitrogens with one attached hydrogen (secondary N) is 2. The molecule has 14 N–H and O–H groups in total. The molecule has 0 radical (unpaired) electrons. The number of carbonyl (C=O) groups excluding carboxylic acids is 1. The summed E-state index contributed by atoms with van der Waals surface area (Å²) in [6.07, 6.45) is -0.419. The van der Waals surface area contributed by atoms with Gasteiger partial charge in [0.25, 0.3) is 11.7 Å². The highest BCUT2D eigenvalue weighted by molar-refractivity contribution is 7.13. The van der Waals surface area contributed by atoms with Gasteiger partial charge in [-0.25, -0.2) is 4.98 Å². The molecule has 1 heterocycles. The quantitative estimate of drug-likeness (QED) is 0.0789. The van der Waals surface area contributed by atoms with Gasteiger partial charge in [0.1, 0.15) is 16.9 Å². The molecule has 37 heavy (non-hydrogen) atoms. The molecule has 16 heteroatoms. The third-order valence-electron chi connectivity index (χ3n) is 5.14. The van der Waals surface area contributed by atoms with Crippen LogP contribution in [0.2, 0.25) is 0 Å². The van der Waals surface area contributed by atoms with Crippen molar-refractivity contribution in [3.63, 3.8) is 0 Å². The third-order valence-corrected chi connectivity index (χ3v) is 5.82. The second-order valence-corrected chi connectivity index (χ2v) is 8.88. The molecule has 0 spiro atoms. The summed E-state index contributed by atoms with van der Waals surface area (Å²) in [5.41, 5.74) is 2.81. The number of hydrogen-bond donors (Lipinski definition) is 13. The summed E-state index contributed by atoms with van der Waals surface area (Å²) in [6.45, 7) is -1.17. The topological polar surface area (TPSA) is 282 Å². The van der Waals surface area contributed by atoms with Crippen molar-refractivity contribution in [1.82, 2.24) is 10.3 Å². The van der Waals surface area contributed by atoms with Gasteiger partial charge in [-0.3, -0.25) is 10.1 Å². The normalized spacial score (nSPS) is 12.5. The zero-order chi connectivity index (χ0) is 27.8. The minimum absolute atomic E-state index is 0.116. The number of amides is 1. The van der Waals surface area contributed by atoms with Crippen LogP contribution in [0.25, 0.3) is 0 Å². The lowest BCUT2D eigenvalue weighted by Crippen LogP contribution is -2.52. The molecule has 15 nitrogen and oxygen atoms in total. The van der Waals surface area contributed by atoms with Crippen molar-refractivity contribution in [3.8, 4) is 23.0 Å². The van der Waals surface area contributed by atoms with Crippen molar-refractivity contribution in [2.75, 3.05) is 17.6 Å². The van der Waals surface area contributed by atoms with Gasteiger partial charge in [0, 0.05) is 11.8 Å². The summed E-state index contributed by atoms with van der Waals surface area (Å²) in [7, 11) is 0. The average Bonchev–Trinajstić information content (AvgIpc) is 3.27. The number of hydrogen-bond acceptors (Lipinski definition) is 15. The molecule has 0 saturated heterocycles. The van der Waals surface area contributed by atoms with Gasteiger partial charge in [-0.2, -0.15) is 0 Å². The van der Waals surface area contributed by atoms with Gasteiger partial charge in [0.2, 0.25) is 11.7 Å². The van der Waals surface area contributed by atoms with E-state index in [1.807, 2.05) is 5.32 Å². The second-order valence-electron chi connectivity index (χ2n) is 7.99. The standard InChI is InChI=1S/C21H24N4O11S/c22-18-24-10(7-37-18)21(35,36)17(30)25-12-15(28)13(26)11(14(27)16(12)29)19(31,32)8-23-20(33,34)6-9-4-2-1-3-5-9/h1-5,7,23,26-29,31-36H,6,8H2,(H2,22,24)(H,25,30). The first-order chi connectivity index (χ1) is 17.1. The maximum absolute atomic E-state index is 12.4. The molecule has 1 amide bonds. The molecule has 200 valence electrons. The number of rotatable bonds is 9. The lowest BCUT2D eigenvalue weighted by Gasteiger charge is -2.30. The lowest BCUT2D eigenvalue weighted by molar-refractivity contribution is -0.221. The highest BCUT2D eigenvalue weighted by atomic mass is 32.1. The summed E-state index contributed by atoms with van der Waals surface area (Å²) < 4.78 is 0. The van der Waals surface area contributed by atoms with E-state index in [0.717, 1.165) is 16.7 Å². The maximum Gasteiger partial charge on any atom is 0.291 e. The van der Waals surface area contributed by atoms with E-state index in [9.17, 15) is 55.9 Å². The Morgan fingerprint density at radius 3 is 2.00 bits per heavy atom. The van der Waals surface area contributed by atoms with Gasteiger partial charge >= 0.3 is 0 Å². The Labute approximate surface area is 211 Å². The molecule has 3 aromatic rings. The molecule has 0 fully saturated rings. The van der Waals surface area contributed by atoms with Crippen LogP contribution >= 0.6 is 11.3 Å². The zero-order valence-corrected chi connectivity index (χ0v) is 19.5. The van der Waals surface area contributed by atoms with E-state index in [1.165, 1.54) is 0 Å². The highest BCUT2D eigenvalue weighted by Gasteiger charge is 2.42. The molecular weight excluding hydrogens is 516 g/mol. The van der Waals surface area contributed by atoms with Crippen molar-refractivity contribution in [3.05, 3.63) is 52.5 Å². The number of thiazole rings is 1. The number of nitrogen functional groups attached to an aromatic ring is 1. The lowest BCUT2D eigenvalue weighted by atomic mass is 9.99. The SMILES string of the molecule is Nc1nc(C(O)(O)C(=O)Nc2c(O)c(O)c(C(O)(O)CNC(O)(O)Cc3ccccc3)c(O)c2O)cs1. The predicted molar refractivity (Wildman–Crippen MR) is 126 cm³/mol. The van der Waals surface area contributed by atoms with Crippen molar-refractivity contribution >= 4 is 28.1 Å². The smallest absolute Gasteiger partial charge is 0.291 e. The summed E-state index contributed by atoms with van der Waals surface area (Å²) in [4.78, 5) is 15.9. The number of nitrogens with zero attached hydrogens (tertiary/aromatic N) is 1. The Balaban J connectivity index is 1.86. The van der Waals surface area contributed by atoms with Crippen LogP contribution in [0.1, 0.15) is 16.8 Å². The number of anilines is 2. The molecular formula is C21H24N4O11S. The first-order valence-electron chi connectivity index (χ1n) is 10.2. The van der Waals surface area contributed by atoms with E-state index in [4.69, 9.17) is 5.73 Å². The maximum atomic E-state index is 12.4. The van der Waals surface area contributed by atoms with Gasteiger partial charge in [0.05, 0.1) is 6.54 Å². The fourth-order valence-corrected chi connectivity index (χ4v) is 3.86. The molecule has 1 aromatic heterocycles. The van der Waals surface area contributed by atoms with Crippen LogP contribution in [0.4, 0.5) is 10.8 Å². The highest BCUT2D eigenvalue weighted by Crippen LogP contribution is 2.53. The number of aliphatic hydroxyl groups is 6. The Morgan fingerprint density at radius 2 is 1.49 bits per heavy atom. The first-order valence-corrected chi connectivity index (χ1v) is 11.1. The number of phenols is 4. The summed E-state index contributed by atoms with van der Waals surface area (Å²) in [6, 6.07) is 8.06. The van der Waals surface area contributed by atoms with Gasteiger partial charge in [-0.15, -0.1) is 11.3 Å². The van der Waals surface area contributed by atoms with E-state index >= 15 is 0 Å². The second kappa shape index (κ2) is 9.96. The molecule has 0 unspecified atom stereocenters. The van der Waals surface area contributed by atoms with Gasteiger partial charge in [0.15, 0.2) is 28.1 Å². The summed E-state index contributed by atoms with van der Waals surface area (Å²) >= 11 is 0.768. The van der Waals surface area contributed by atoms with Crippen molar-refractivity contribution in [1.29, 1.82) is 0 Å². The van der Waals surface area contributed by atoms with Crippen molar-refractivity contribution in [2.24, 2.45) is 0 Å². The van der Waals surface area contributed by atoms with Crippen LogP contribution < -0.4 is 16.4 Å². The van der Waals surface area contributed by atoms with Crippen molar-refractivity contribution < 1.29 is 55.9 Å². The molecule has 0 aliphatic carbocycles. The van der Waals surface area contributed by atoms with Crippen LogP contribution in [0.3, 0.4) is 0 Å². The van der Waals surface area contributed by atoms with Gasteiger partial charge in [-0.1, -0.05) is 30.3 Å². The fourth-order valence-electron chi connectivity index (χ4n) is 3.26. The summed E-state index contributed by atoms with van der Waals surface area (Å²) in [5.74, 6) is -16.8. The number of phenolic OH excluding ortho intramolecular Hbond substituents is 4. The number of nitrogens with two attached hydrogens (primary N) is 1. The number of aromatic hydroxyl groups is 4. The molecule has 0 atom stereocenters. The number of benzene rings is 2. The summed E-state index contributed by atoms with van der Waals surface area (Å²) in [5, 5.41) is 107. The van der Waals surface area contributed by atoms with Gasteiger partial charge < -0.3 is 62.1 Å². The molecule has 2 aromatic carbocycles. The first kappa shape index (κ1) is 27.8. The van der Waals surface area contributed by atoms with Crippen LogP contribution in [0.5, 0.6) is 23.0 Å². The van der Waals surface area contributed by atoms with Crippen LogP contribution in [0.15, 0.2) is 35.7 Å². The Hall–Kier alpha value is -3.74. The fraction of sp³-hybridized carbons (Fsp3) is 0.238. The number of carbonyl (C=O) groups is 1. The van der Waals surface area contributed by atoms with Crippen molar-refractivity contribution in [2.45, 2.75) is 23.9 Å². The monoisotopic (exact) mass is 540 g/mol. The Kier molecular flexibility index (Phi) is 7.49. The Bertz CT molecular complexity index is 1270. The van der Waals surface area contributed by atoms with E-state index in [0.29, 0.717) is 5.56 Å². The predicted octanol–water partition coefficient (Wildman–Crippen LogP) is -2.07. The van der Waals surface area contributed by atoms with E-state index in [1.54, 1.807) is 35.6 Å².